The van der Waals surface area contributed by atoms with E-state index in [9.17, 15) is 22.8 Å². The van der Waals surface area contributed by atoms with E-state index in [2.05, 4.69) is 15.7 Å². The molecule has 0 fully saturated rings. The van der Waals surface area contributed by atoms with Gasteiger partial charge in [-0.25, -0.2) is 0 Å². The van der Waals surface area contributed by atoms with Crippen LogP contribution in [0.2, 0.25) is 0 Å². The molecule has 10 heteroatoms. The Morgan fingerprint density at radius 1 is 1.16 bits per heavy atom. The lowest BCUT2D eigenvalue weighted by Crippen LogP contribution is -2.54. The number of aromatic nitrogens is 2. The number of nitrogens with zero attached hydrogens (tertiary/aromatic N) is 2. The molecule has 0 radical (unpaired) electrons. The van der Waals surface area contributed by atoms with E-state index in [1.165, 1.54) is 4.68 Å². The van der Waals surface area contributed by atoms with E-state index in [-0.39, 0.29) is 38.2 Å². The molecule has 31 heavy (non-hydrogen) atoms. The number of unbranched alkanes of at least 4 members (excludes halogenated alkanes) is 1. The number of para-hydroxylation sites is 1. The van der Waals surface area contributed by atoms with Crippen LogP contribution < -0.4 is 10.6 Å². The fourth-order valence-electron chi connectivity index (χ4n) is 3.21. The van der Waals surface area contributed by atoms with Crippen molar-refractivity contribution in [2.24, 2.45) is 5.41 Å². The molecule has 0 spiro atoms. The number of aliphatic hydroxyl groups excluding tert-OH is 1. The second kappa shape index (κ2) is 10.1. The molecular weight excluding hydrogens is 413 g/mol. The van der Waals surface area contributed by atoms with Crippen LogP contribution >= 0.6 is 0 Å². The van der Waals surface area contributed by atoms with E-state index in [1.807, 2.05) is 0 Å². The molecular formula is C21H29F3N4O3. The zero-order chi connectivity index (χ0) is 23.2. The first-order valence-electron chi connectivity index (χ1n) is 10.2. The number of hydrogen-bond acceptors (Lipinski definition) is 4. The third-order valence-corrected chi connectivity index (χ3v) is 4.77. The van der Waals surface area contributed by atoms with Crippen molar-refractivity contribution >= 4 is 22.7 Å². The van der Waals surface area contributed by atoms with Crippen LogP contribution in [0.1, 0.15) is 50.5 Å². The number of alkyl halides is 3. The van der Waals surface area contributed by atoms with Crippen molar-refractivity contribution in [2.75, 3.05) is 13.2 Å². The molecule has 1 atom stereocenters. The number of rotatable bonds is 9. The Balaban J connectivity index is 2.22. The highest BCUT2D eigenvalue weighted by molar-refractivity contribution is 6.06. The highest BCUT2D eigenvalue weighted by Gasteiger charge is 2.34. The largest absolute Gasteiger partial charge is 0.395 e. The SMILES string of the molecule is CC(C)(C)[C@H](NC(=O)c1nn(CCCCC(F)(F)F)c2ccccc12)C(=O)NCCO. The molecule has 0 bridgehead atoms. The number of nitrogens with one attached hydrogen (secondary N) is 2. The molecule has 1 aromatic carbocycles. The van der Waals surface area contributed by atoms with Gasteiger partial charge >= 0.3 is 6.18 Å². The zero-order valence-corrected chi connectivity index (χ0v) is 17.9. The Morgan fingerprint density at radius 2 is 1.84 bits per heavy atom. The maximum absolute atomic E-state index is 13.0. The van der Waals surface area contributed by atoms with Crippen molar-refractivity contribution in [1.29, 1.82) is 0 Å². The van der Waals surface area contributed by atoms with Gasteiger partial charge in [-0.3, -0.25) is 14.3 Å². The standard InChI is InChI=1S/C21H29F3N4O3/c1-20(2,3)17(19(31)25-11-13-29)26-18(30)16-14-8-4-5-9-15(14)28(27-16)12-7-6-10-21(22,23)24/h4-5,8-9,17,29H,6-7,10-13H2,1-3H3,(H,25,31)(H,26,30)/t17-/m1/s1. The highest BCUT2D eigenvalue weighted by Crippen LogP contribution is 2.24. The Bertz CT molecular complexity index is 903. The van der Waals surface area contributed by atoms with E-state index in [1.54, 1.807) is 45.0 Å². The Morgan fingerprint density at radius 3 is 2.45 bits per heavy atom. The van der Waals surface area contributed by atoms with E-state index in [0.29, 0.717) is 10.9 Å². The number of benzene rings is 1. The molecule has 2 aromatic rings. The normalized spacial score (nSPS) is 13.3. The Hall–Kier alpha value is -2.62. The van der Waals surface area contributed by atoms with Crippen molar-refractivity contribution in [3.05, 3.63) is 30.0 Å². The fraction of sp³-hybridized carbons (Fsp3) is 0.571. The van der Waals surface area contributed by atoms with Crippen molar-refractivity contribution in [3.8, 4) is 0 Å². The summed E-state index contributed by atoms with van der Waals surface area (Å²) in [5.41, 5.74) is 0.137. The lowest BCUT2D eigenvalue weighted by Gasteiger charge is -2.30. The van der Waals surface area contributed by atoms with Gasteiger partial charge in [0.25, 0.3) is 5.91 Å². The van der Waals surface area contributed by atoms with Gasteiger partial charge in [-0.1, -0.05) is 39.0 Å². The Labute approximate surface area is 179 Å². The van der Waals surface area contributed by atoms with E-state index >= 15 is 0 Å². The third-order valence-electron chi connectivity index (χ3n) is 4.77. The quantitative estimate of drug-likeness (QED) is 0.520. The summed E-state index contributed by atoms with van der Waals surface area (Å²) in [6.45, 7) is 5.48. The molecule has 1 heterocycles. The van der Waals surface area contributed by atoms with Gasteiger partial charge in [0.1, 0.15) is 6.04 Å². The predicted octanol–water partition coefficient (Wildman–Crippen LogP) is 3.02. The molecule has 2 amide bonds. The van der Waals surface area contributed by atoms with Gasteiger partial charge in [-0.15, -0.1) is 0 Å². The summed E-state index contributed by atoms with van der Waals surface area (Å²) in [5.74, 6) is -0.977. The second-order valence-electron chi connectivity index (χ2n) is 8.45. The number of fused-ring (bicyclic) bond motifs is 1. The molecule has 7 nitrogen and oxygen atoms in total. The summed E-state index contributed by atoms with van der Waals surface area (Å²) in [4.78, 5) is 25.5. The molecule has 3 N–H and O–H groups in total. The molecule has 0 aliphatic carbocycles. The number of aliphatic hydroxyl groups is 1. The van der Waals surface area contributed by atoms with E-state index in [4.69, 9.17) is 5.11 Å². The second-order valence-corrected chi connectivity index (χ2v) is 8.45. The zero-order valence-electron chi connectivity index (χ0n) is 17.9. The van der Waals surface area contributed by atoms with E-state index < -0.39 is 35.9 Å². The van der Waals surface area contributed by atoms with Crippen LogP contribution in [-0.2, 0) is 11.3 Å². The monoisotopic (exact) mass is 442 g/mol. The minimum Gasteiger partial charge on any atom is -0.395 e. The van der Waals surface area contributed by atoms with Crippen LogP contribution in [0.5, 0.6) is 0 Å². The summed E-state index contributed by atoms with van der Waals surface area (Å²) in [6.07, 6.45) is -4.83. The van der Waals surface area contributed by atoms with Gasteiger partial charge in [0.2, 0.25) is 5.91 Å². The number of aryl methyl sites for hydroxylation is 1. The van der Waals surface area contributed by atoms with Gasteiger partial charge in [-0.2, -0.15) is 18.3 Å². The average molecular weight is 442 g/mol. The molecule has 1 aromatic heterocycles. The van der Waals surface area contributed by atoms with Gasteiger partial charge in [0.05, 0.1) is 12.1 Å². The van der Waals surface area contributed by atoms with Crippen molar-refractivity contribution in [1.82, 2.24) is 20.4 Å². The summed E-state index contributed by atoms with van der Waals surface area (Å²) in [5, 5.41) is 19.1. The van der Waals surface area contributed by atoms with Crippen molar-refractivity contribution in [3.63, 3.8) is 0 Å². The first-order chi connectivity index (χ1) is 14.4. The maximum Gasteiger partial charge on any atom is 0.389 e. The molecule has 2 rings (SSSR count). The molecule has 0 saturated carbocycles. The topological polar surface area (TPSA) is 96.2 Å². The molecule has 0 saturated heterocycles. The van der Waals surface area contributed by atoms with Crippen LogP contribution in [0.3, 0.4) is 0 Å². The Kier molecular flexibility index (Phi) is 8.05. The predicted molar refractivity (Wildman–Crippen MR) is 110 cm³/mol. The van der Waals surface area contributed by atoms with Crippen LogP contribution in [0, 0.1) is 5.41 Å². The number of carbonyl (C=O) groups excluding carboxylic acids is 2. The van der Waals surface area contributed by atoms with Gasteiger partial charge in [0, 0.05) is 24.9 Å². The minimum atomic E-state index is -4.20. The van der Waals surface area contributed by atoms with Crippen LogP contribution in [0.4, 0.5) is 13.2 Å². The summed E-state index contributed by atoms with van der Waals surface area (Å²) in [6, 6.07) is 6.09. The third kappa shape index (κ3) is 6.95. The summed E-state index contributed by atoms with van der Waals surface area (Å²) >= 11 is 0. The molecule has 0 aliphatic heterocycles. The minimum absolute atomic E-state index is 0.0314. The number of amides is 2. The molecule has 172 valence electrons. The summed E-state index contributed by atoms with van der Waals surface area (Å²) < 4.78 is 38.7. The van der Waals surface area contributed by atoms with Crippen molar-refractivity contribution < 1.29 is 27.9 Å². The van der Waals surface area contributed by atoms with Crippen LogP contribution in [0.25, 0.3) is 10.9 Å². The lowest BCUT2D eigenvalue weighted by molar-refractivity contribution is -0.135. The first-order valence-corrected chi connectivity index (χ1v) is 10.2. The smallest absolute Gasteiger partial charge is 0.389 e. The summed E-state index contributed by atoms with van der Waals surface area (Å²) in [7, 11) is 0. The lowest BCUT2D eigenvalue weighted by atomic mass is 9.86. The highest BCUT2D eigenvalue weighted by atomic mass is 19.4. The van der Waals surface area contributed by atoms with Crippen LogP contribution in [0.15, 0.2) is 24.3 Å². The van der Waals surface area contributed by atoms with Crippen LogP contribution in [-0.4, -0.2) is 52.1 Å². The van der Waals surface area contributed by atoms with E-state index in [0.717, 1.165) is 0 Å². The van der Waals surface area contributed by atoms with Crippen molar-refractivity contribution in [2.45, 2.75) is 58.8 Å². The fourth-order valence-corrected chi connectivity index (χ4v) is 3.21. The molecule has 0 aliphatic rings. The maximum atomic E-state index is 13.0. The number of hydrogen-bond donors (Lipinski definition) is 3. The number of carbonyl (C=O) groups is 2. The van der Waals surface area contributed by atoms with Gasteiger partial charge in [-0.05, 0) is 24.3 Å². The molecule has 0 unspecified atom stereocenters. The number of halogens is 3. The van der Waals surface area contributed by atoms with Gasteiger partial charge in [0.15, 0.2) is 5.69 Å². The first kappa shape index (κ1) is 24.6. The average Bonchev–Trinajstić information content (AvgIpc) is 3.04. The van der Waals surface area contributed by atoms with Gasteiger partial charge < -0.3 is 15.7 Å².